The molecule has 0 radical (unpaired) electrons. The number of aromatic nitrogens is 2. The molecule has 2 aromatic rings. The second-order valence-corrected chi connectivity index (χ2v) is 6.42. The lowest BCUT2D eigenvalue weighted by atomic mass is 10.2. The standard InChI is InChI=1S/C13H18N4O3S/c1-9-13(11(8-18)15-14-9)21(19,20)16-10-6-4-5-7-12(10)17(2)3/h4-7,16,18H,8H2,1-3H3,(H,14,15). The second kappa shape index (κ2) is 5.74. The Labute approximate surface area is 123 Å². The van der Waals surface area contributed by atoms with Crippen molar-refractivity contribution in [2.24, 2.45) is 0 Å². The van der Waals surface area contributed by atoms with Gasteiger partial charge in [0.25, 0.3) is 10.0 Å². The van der Waals surface area contributed by atoms with Crippen LogP contribution in [-0.2, 0) is 16.6 Å². The third kappa shape index (κ3) is 3.01. The lowest BCUT2D eigenvalue weighted by Crippen LogP contribution is -2.18. The van der Waals surface area contributed by atoms with Gasteiger partial charge in [-0.15, -0.1) is 0 Å². The molecule has 0 aliphatic carbocycles. The molecule has 0 bridgehead atoms. The fourth-order valence-corrected chi connectivity index (χ4v) is 3.51. The van der Waals surface area contributed by atoms with Gasteiger partial charge in [0.1, 0.15) is 10.6 Å². The maximum atomic E-state index is 12.5. The minimum absolute atomic E-state index is 0.0152. The Bertz CT molecular complexity index is 738. The first-order valence-electron chi connectivity index (χ1n) is 6.30. The Kier molecular flexibility index (Phi) is 4.19. The number of anilines is 2. The van der Waals surface area contributed by atoms with E-state index in [1.807, 2.05) is 31.1 Å². The lowest BCUT2D eigenvalue weighted by molar-refractivity contribution is 0.273. The molecule has 8 heteroatoms. The van der Waals surface area contributed by atoms with Crippen LogP contribution in [-0.4, -0.2) is 37.8 Å². The summed E-state index contributed by atoms with van der Waals surface area (Å²) in [6.07, 6.45) is 0. The highest BCUT2D eigenvalue weighted by atomic mass is 32.2. The zero-order valence-electron chi connectivity index (χ0n) is 12.1. The Morgan fingerprint density at radius 1 is 1.33 bits per heavy atom. The number of hydrogen-bond donors (Lipinski definition) is 3. The van der Waals surface area contributed by atoms with Crippen LogP contribution >= 0.6 is 0 Å². The maximum absolute atomic E-state index is 12.5. The van der Waals surface area contributed by atoms with E-state index in [4.69, 9.17) is 0 Å². The number of sulfonamides is 1. The van der Waals surface area contributed by atoms with Crippen molar-refractivity contribution in [2.75, 3.05) is 23.7 Å². The number of nitrogens with zero attached hydrogens (tertiary/aromatic N) is 2. The second-order valence-electron chi connectivity index (χ2n) is 4.80. The quantitative estimate of drug-likeness (QED) is 0.767. The summed E-state index contributed by atoms with van der Waals surface area (Å²) in [5.74, 6) is 0. The number of H-pyrrole nitrogens is 1. The maximum Gasteiger partial charge on any atom is 0.265 e. The molecule has 0 unspecified atom stereocenters. The van der Waals surface area contributed by atoms with Gasteiger partial charge in [-0.2, -0.15) is 5.10 Å². The molecular weight excluding hydrogens is 292 g/mol. The van der Waals surface area contributed by atoms with Gasteiger partial charge in [0.05, 0.1) is 23.7 Å². The van der Waals surface area contributed by atoms with Crippen LogP contribution < -0.4 is 9.62 Å². The average molecular weight is 310 g/mol. The van der Waals surface area contributed by atoms with Crippen molar-refractivity contribution >= 4 is 21.4 Å². The predicted octanol–water partition coefficient (Wildman–Crippen LogP) is 1.08. The zero-order valence-corrected chi connectivity index (χ0v) is 12.9. The van der Waals surface area contributed by atoms with Crippen molar-refractivity contribution < 1.29 is 13.5 Å². The Hall–Kier alpha value is -2.06. The summed E-state index contributed by atoms with van der Waals surface area (Å²) in [6, 6.07) is 7.07. The predicted molar refractivity (Wildman–Crippen MR) is 80.8 cm³/mol. The van der Waals surface area contributed by atoms with Gasteiger partial charge in [-0.25, -0.2) is 8.42 Å². The number of nitrogens with one attached hydrogen (secondary N) is 2. The molecule has 0 atom stereocenters. The molecule has 0 saturated heterocycles. The van der Waals surface area contributed by atoms with Gasteiger partial charge >= 0.3 is 0 Å². The highest BCUT2D eigenvalue weighted by Gasteiger charge is 2.25. The van der Waals surface area contributed by atoms with Crippen molar-refractivity contribution in [3.8, 4) is 0 Å². The number of aliphatic hydroxyl groups is 1. The SMILES string of the molecule is Cc1[nH]nc(CO)c1S(=O)(=O)Nc1ccccc1N(C)C. The van der Waals surface area contributed by atoms with Crippen LogP contribution in [0.2, 0.25) is 0 Å². The van der Waals surface area contributed by atoms with E-state index in [0.29, 0.717) is 11.4 Å². The molecular formula is C13H18N4O3S. The molecule has 3 N–H and O–H groups in total. The van der Waals surface area contributed by atoms with Crippen LogP contribution in [0.15, 0.2) is 29.2 Å². The van der Waals surface area contributed by atoms with E-state index in [1.165, 1.54) is 0 Å². The van der Waals surface area contributed by atoms with Gasteiger partial charge in [0, 0.05) is 14.1 Å². The van der Waals surface area contributed by atoms with E-state index in [0.717, 1.165) is 5.69 Å². The van der Waals surface area contributed by atoms with E-state index in [9.17, 15) is 13.5 Å². The molecule has 0 aliphatic heterocycles. The van der Waals surface area contributed by atoms with Gasteiger partial charge in [0.15, 0.2) is 0 Å². The average Bonchev–Trinajstić information content (AvgIpc) is 2.80. The number of aliphatic hydroxyl groups excluding tert-OH is 1. The first kappa shape index (κ1) is 15.3. The number of aromatic amines is 1. The Morgan fingerprint density at radius 3 is 2.62 bits per heavy atom. The normalized spacial score (nSPS) is 11.4. The molecule has 0 amide bonds. The van der Waals surface area contributed by atoms with Crippen LogP contribution in [0, 0.1) is 6.92 Å². The number of rotatable bonds is 5. The molecule has 0 spiro atoms. The summed E-state index contributed by atoms with van der Waals surface area (Å²) in [7, 11) is -0.172. The number of aryl methyl sites for hydroxylation is 1. The topological polar surface area (TPSA) is 98.3 Å². The minimum atomic E-state index is -3.83. The molecule has 1 heterocycles. The van der Waals surface area contributed by atoms with Gasteiger partial charge in [-0.05, 0) is 19.1 Å². The monoisotopic (exact) mass is 310 g/mol. The number of hydrogen-bond acceptors (Lipinski definition) is 5. The van der Waals surface area contributed by atoms with E-state index in [-0.39, 0.29) is 10.6 Å². The molecule has 2 rings (SSSR count). The van der Waals surface area contributed by atoms with Crippen molar-refractivity contribution in [1.29, 1.82) is 0 Å². The van der Waals surface area contributed by atoms with Crippen LogP contribution in [0.5, 0.6) is 0 Å². The van der Waals surface area contributed by atoms with Crippen molar-refractivity contribution in [3.63, 3.8) is 0 Å². The largest absolute Gasteiger partial charge is 0.390 e. The van der Waals surface area contributed by atoms with Gasteiger partial charge < -0.3 is 10.0 Å². The molecule has 0 fully saturated rings. The summed E-state index contributed by atoms with van der Waals surface area (Å²) < 4.78 is 27.6. The van der Waals surface area contributed by atoms with E-state index < -0.39 is 16.6 Å². The van der Waals surface area contributed by atoms with Crippen molar-refractivity contribution in [2.45, 2.75) is 18.4 Å². The fourth-order valence-electron chi connectivity index (χ4n) is 2.08. The Balaban J connectivity index is 2.45. The van der Waals surface area contributed by atoms with E-state index in [1.54, 1.807) is 19.1 Å². The first-order valence-corrected chi connectivity index (χ1v) is 7.79. The van der Waals surface area contributed by atoms with Gasteiger partial charge in [0.2, 0.25) is 0 Å². The molecule has 114 valence electrons. The van der Waals surface area contributed by atoms with E-state index in [2.05, 4.69) is 14.9 Å². The summed E-state index contributed by atoms with van der Waals surface area (Å²) in [5, 5.41) is 15.6. The number of para-hydroxylation sites is 2. The van der Waals surface area contributed by atoms with Crippen LogP contribution in [0.3, 0.4) is 0 Å². The number of benzene rings is 1. The fraction of sp³-hybridized carbons (Fsp3) is 0.308. The first-order chi connectivity index (χ1) is 9.86. The molecule has 1 aromatic carbocycles. The summed E-state index contributed by atoms with van der Waals surface area (Å²) >= 11 is 0. The third-order valence-corrected chi connectivity index (χ3v) is 4.58. The molecule has 0 saturated carbocycles. The lowest BCUT2D eigenvalue weighted by Gasteiger charge is -2.18. The van der Waals surface area contributed by atoms with Crippen LogP contribution in [0.25, 0.3) is 0 Å². The van der Waals surface area contributed by atoms with Crippen molar-refractivity contribution in [1.82, 2.24) is 10.2 Å². The van der Waals surface area contributed by atoms with Gasteiger partial charge in [-0.3, -0.25) is 9.82 Å². The smallest absolute Gasteiger partial charge is 0.265 e. The summed E-state index contributed by atoms with van der Waals surface area (Å²) in [5.41, 5.74) is 1.69. The summed E-state index contributed by atoms with van der Waals surface area (Å²) in [4.78, 5) is 1.80. The molecule has 21 heavy (non-hydrogen) atoms. The summed E-state index contributed by atoms with van der Waals surface area (Å²) in [6.45, 7) is 1.15. The molecule has 0 aliphatic rings. The molecule has 1 aromatic heterocycles. The minimum Gasteiger partial charge on any atom is -0.390 e. The zero-order chi connectivity index (χ0) is 15.6. The molecule has 7 nitrogen and oxygen atoms in total. The van der Waals surface area contributed by atoms with Crippen LogP contribution in [0.1, 0.15) is 11.4 Å². The Morgan fingerprint density at radius 2 is 2.00 bits per heavy atom. The van der Waals surface area contributed by atoms with Gasteiger partial charge in [-0.1, -0.05) is 12.1 Å². The van der Waals surface area contributed by atoms with E-state index >= 15 is 0 Å². The third-order valence-electron chi connectivity index (χ3n) is 3.01. The van der Waals surface area contributed by atoms with Crippen LogP contribution in [0.4, 0.5) is 11.4 Å². The van der Waals surface area contributed by atoms with Crippen molar-refractivity contribution in [3.05, 3.63) is 35.7 Å². The highest BCUT2D eigenvalue weighted by Crippen LogP contribution is 2.27. The highest BCUT2D eigenvalue weighted by molar-refractivity contribution is 7.92.